The molecule has 2 N–H and O–H groups in total. The number of aromatic nitrogens is 3. The lowest BCUT2D eigenvalue weighted by Crippen LogP contribution is -2.33. The van der Waals surface area contributed by atoms with E-state index < -0.39 is 0 Å². The Morgan fingerprint density at radius 3 is 2.71 bits per heavy atom. The van der Waals surface area contributed by atoms with Gasteiger partial charge in [0.2, 0.25) is 5.91 Å². The normalized spacial score (nSPS) is 15.6. The van der Waals surface area contributed by atoms with Crippen molar-refractivity contribution in [2.45, 2.75) is 19.5 Å². The van der Waals surface area contributed by atoms with Crippen molar-refractivity contribution < 1.29 is 9.32 Å². The molecular formula is C20H22N6O2. The Kier molecular flexibility index (Phi) is 5.29. The number of nitrogens with zero attached hydrogens (tertiary/aromatic N) is 5. The molecule has 1 fully saturated rings. The summed E-state index contributed by atoms with van der Waals surface area (Å²) in [6.07, 6.45) is 2.13. The van der Waals surface area contributed by atoms with Crippen molar-refractivity contribution in [3.8, 4) is 11.5 Å². The van der Waals surface area contributed by atoms with Crippen molar-refractivity contribution in [3.05, 3.63) is 60.0 Å². The highest BCUT2D eigenvalue weighted by molar-refractivity contribution is 5.76. The minimum atomic E-state index is 0.0905. The van der Waals surface area contributed by atoms with Crippen molar-refractivity contribution in [1.29, 1.82) is 0 Å². The van der Waals surface area contributed by atoms with Crippen LogP contribution in [0.1, 0.15) is 17.8 Å². The Hall–Kier alpha value is -3.26. The summed E-state index contributed by atoms with van der Waals surface area (Å²) >= 11 is 0. The van der Waals surface area contributed by atoms with E-state index in [1.54, 1.807) is 11.1 Å². The summed E-state index contributed by atoms with van der Waals surface area (Å²) in [6, 6.07) is 13.4. The number of hydrogen-bond acceptors (Lipinski definition) is 7. The van der Waals surface area contributed by atoms with Gasteiger partial charge in [0.05, 0.1) is 6.54 Å². The van der Waals surface area contributed by atoms with E-state index in [1.807, 2.05) is 42.5 Å². The van der Waals surface area contributed by atoms with E-state index in [0.717, 1.165) is 17.7 Å². The zero-order valence-electron chi connectivity index (χ0n) is 15.5. The smallest absolute Gasteiger partial charge is 0.257 e. The van der Waals surface area contributed by atoms with Crippen molar-refractivity contribution in [3.63, 3.8) is 0 Å². The third kappa shape index (κ3) is 4.17. The third-order valence-electron chi connectivity index (χ3n) is 4.82. The Morgan fingerprint density at radius 2 is 1.89 bits per heavy atom. The minimum Gasteiger partial charge on any atom is -0.383 e. The van der Waals surface area contributed by atoms with E-state index in [1.165, 1.54) is 0 Å². The molecule has 28 heavy (non-hydrogen) atoms. The SMILES string of the molecule is Nc1ncccc1CN1CCC(=O)N(Cc2noc(-c3ccccc3)n2)CC1. The molecule has 0 radical (unpaired) electrons. The standard InChI is InChI=1S/C20H22N6O2/c21-19-16(7-4-9-22-19)13-25-10-8-18(27)26(12-11-25)14-17-23-20(28-24-17)15-5-2-1-3-6-15/h1-7,9H,8,10-14H2,(H2,21,22). The first kappa shape index (κ1) is 18.1. The third-order valence-corrected chi connectivity index (χ3v) is 4.82. The van der Waals surface area contributed by atoms with Gasteiger partial charge in [0.1, 0.15) is 5.82 Å². The van der Waals surface area contributed by atoms with Crippen molar-refractivity contribution in [1.82, 2.24) is 24.9 Å². The molecule has 0 unspecified atom stereocenters. The Balaban J connectivity index is 1.39. The van der Waals surface area contributed by atoms with E-state index in [0.29, 0.717) is 50.1 Å². The molecule has 0 bridgehead atoms. The number of nitrogen functional groups attached to an aromatic ring is 1. The fraction of sp³-hybridized carbons (Fsp3) is 0.300. The first-order chi connectivity index (χ1) is 13.7. The van der Waals surface area contributed by atoms with E-state index in [4.69, 9.17) is 10.3 Å². The van der Waals surface area contributed by atoms with E-state index in [9.17, 15) is 4.79 Å². The van der Waals surface area contributed by atoms with Crippen LogP contribution in [0.4, 0.5) is 5.82 Å². The molecule has 1 saturated heterocycles. The first-order valence-corrected chi connectivity index (χ1v) is 9.26. The molecule has 8 heteroatoms. The molecular weight excluding hydrogens is 356 g/mol. The summed E-state index contributed by atoms with van der Waals surface area (Å²) in [5.41, 5.74) is 7.79. The maximum Gasteiger partial charge on any atom is 0.257 e. The molecule has 0 aliphatic carbocycles. The van der Waals surface area contributed by atoms with Crippen LogP contribution in [-0.4, -0.2) is 50.5 Å². The average Bonchev–Trinajstić information content (AvgIpc) is 3.12. The molecule has 1 aliphatic heterocycles. The molecule has 1 aromatic carbocycles. The maximum atomic E-state index is 12.5. The second-order valence-electron chi connectivity index (χ2n) is 6.77. The largest absolute Gasteiger partial charge is 0.383 e. The van der Waals surface area contributed by atoms with E-state index in [-0.39, 0.29) is 5.91 Å². The molecule has 8 nitrogen and oxygen atoms in total. The summed E-state index contributed by atoms with van der Waals surface area (Å²) in [5.74, 6) is 1.60. The fourth-order valence-corrected chi connectivity index (χ4v) is 3.25. The Labute approximate surface area is 163 Å². The predicted octanol–water partition coefficient (Wildman–Crippen LogP) is 1.95. The second kappa shape index (κ2) is 8.18. The van der Waals surface area contributed by atoms with Crippen LogP contribution >= 0.6 is 0 Å². The fourth-order valence-electron chi connectivity index (χ4n) is 3.25. The van der Waals surface area contributed by atoms with Gasteiger partial charge in [-0.15, -0.1) is 0 Å². The second-order valence-corrected chi connectivity index (χ2v) is 6.77. The summed E-state index contributed by atoms with van der Waals surface area (Å²) in [5, 5.41) is 4.03. The molecule has 4 rings (SSSR count). The molecule has 3 heterocycles. The molecule has 0 saturated carbocycles. The van der Waals surface area contributed by atoms with Gasteiger partial charge < -0.3 is 15.2 Å². The predicted molar refractivity (Wildman–Crippen MR) is 104 cm³/mol. The van der Waals surface area contributed by atoms with Gasteiger partial charge in [-0.25, -0.2) is 4.98 Å². The number of hydrogen-bond donors (Lipinski definition) is 1. The Morgan fingerprint density at radius 1 is 1.04 bits per heavy atom. The maximum absolute atomic E-state index is 12.5. The van der Waals surface area contributed by atoms with Crippen LogP contribution in [0.5, 0.6) is 0 Å². The number of nitrogens with two attached hydrogens (primary N) is 1. The first-order valence-electron chi connectivity index (χ1n) is 9.26. The highest BCUT2D eigenvalue weighted by Gasteiger charge is 2.23. The van der Waals surface area contributed by atoms with Crippen LogP contribution in [0.25, 0.3) is 11.5 Å². The van der Waals surface area contributed by atoms with Gasteiger partial charge in [-0.1, -0.05) is 29.4 Å². The number of pyridine rings is 1. The number of carbonyl (C=O) groups is 1. The van der Waals surface area contributed by atoms with Crippen LogP contribution < -0.4 is 5.73 Å². The van der Waals surface area contributed by atoms with Crippen LogP contribution in [-0.2, 0) is 17.9 Å². The molecule has 0 spiro atoms. The summed E-state index contributed by atoms with van der Waals surface area (Å²) in [6.45, 7) is 3.07. The molecule has 2 aromatic heterocycles. The van der Waals surface area contributed by atoms with Crippen LogP contribution in [0.15, 0.2) is 53.2 Å². The van der Waals surface area contributed by atoms with Gasteiger partial charge in [0.15, 0.2) is 5.82 Å². The van der Waals surface area contributed by atoms with Crippen molar-refractivity contribution in [2.24, 2.45) is 0 Å². The van der Waals surface area contributed by atoms with Gasteiger partial charge in [0, 0.05) is 49.9 Å². The molecule has 144 valence electrons. The highest BCUT2D eigenvalue weighted by atomic mass is 16.5. The van der Waals surface area contributed by atoms with Gasteiger partial charge in [-0.3, -0.25) is 9.69 Å². The van der Waals surface area contributed by atoms with Crippen molar-refractivity contribution in [2.75, 3.05) is 25.4 Å². The topological polar surface area (TPSA) is 101 Å². The van der Waals surface area contributed by atoms with Crippen LogP contribution in [0, 0.1) is 0 Å². The lowest BCUT2D eigenvalue weighted by Gasteiger charge is -2.21. The number of rotatable bonds is 5. The Bertz CT molecular complexity index is 943. The monoisotopic (exact) mass is 378 g/mol. The number of carbonyl (C=O) groups excluding carboxylic acids is 1. The van der Waals surface area contributed by atoms with Gasteiger partial charge in [-0.05, 0) is 18.2 Å². The molecule has 1 aliphatic rings. The molecule has 1 amide bonds. The number of anilines is 1. The summed E-state index contributed by atoms with van der Waals surface area (Å²) in [4.78, 5) is 25.1. The minimum absolute atomic E-state index is 0.0905. The average molecular weight is 378 g/mol. The van der Waals surface area contributed by atoms with Crippen LogP contribution in [0.2, 0.25) is 0 Å². The van der Waals surface area contributed by atoms with E-state index >= 15 is 0 Å². The van der Waals surface area contributed by atoms with E-state index in [2.05, 4.69) is 20.0 Å². The van der Waals surface area contributed by atoms with Crippen LogP contribution in [0.3, 0.4) is 0 Å². The van der Waals surface area contributed by atoms with Gasteiger partial charge in [-0.2, -0.15) is 4.98 Å². The van der Waals surface area contributed by atoms with Crippen molar-refractivity contribution >= 4 is 11.7 Å². The number of benzene rings is 1. The zero-order chi connectivity index (χ0) is 19.3. The van der Waals surface area contributed by atoms with Gasteiger partial charge >= 0.3 is 0 Å². The molecule has 3 aromatic rings. The lowest BCUT2D eigenvalue weighted by atomic mass is 10.2. The summed E-state index contributed by atoms with van der Waals surface area (Å²) < 4.78 is 5.34. The summed E-state index contributed by atoms with van der Waals surface area (Å²) in [7, 11) is 0. The zero-order valence-corrected chi connectivity index (χ0v) is 15.5. The highest BCUT2D eigenvalue weighted by Crippen LogP contribution is 2.18. The quantitative estimate of drug-likeness (QED) is 0.724. The lowest BCUT2D eigenvalue weighted by molar-refractivity contribution is -0.131. The van der Waals surface area contributed by atoms with Gasteiger partial charge in [0.25, 0.3) is 5.89 Å². The molecule has 0 atom stereocenters. The number of amides is 1.